The molecule has 1 aliphatic rings. The number of aryl methyl sites for hydroxylation is 1. The molecule has 0 radical (unpaired) electrons. The molecule has 0 aliphatic carbocycles. The van der Waals surface area contributed by atoms with Crippen LogP contribution in [0.2, 0.25) is 0 Å². The lowest BCUT2D eigenvalue weighted by atomic mass is 10.0. The molecule has 2 aromatic carbocycles. The van der Waals surface area contributed by atoms with Gasteiger partial charge in [-0.2, -0.15) is 0 Å². The molecule has 0 spiro atoms. The van der Waals surface area contributed by atoms with Crippen molar-refractivity contribution in [3.05, 3.63) is 59.7 Å². The van der Waals surface area contributed by atoms with Crippen LogP contribution < -0.4 is 10.2 Å². The van der Waals surface area contributed by atoms with E-state index in [4.69, 9.17) is 0 Å². The van der Waals surface area contributed by atoms with E-state index in [1.165, 1.54) is 16.8 Å². The van der Waals surface area contributed by atoms with Crippen LogP contribution in [0.4, 0.5) is 16.2 Å². The van der Waals surface area contributed by atoms with E-state index >= 15 is 0 Å². The number of rotatable bonds is 3. The molecule has 2 aromatic rings. The predicted octanol–water partition coefficient (Wildman–Crippen LogP) is 4.47. The highest BCUT2D eigenvalue weighted by Crippen LogP contribution is 2.19. The van der Waals surface area contributed by atoms with Crippen LogP contribution in [0.3, 0.4) is 0 Å². The van der Waals surface area contributed by atoms with Gasteiger partial charge in [-0.15, -0.1) is 0 Å². The molecule has 1 N–H and O–H groups in total. The van der Waals surface area contributed by atoms with E-state index in [2.05, 4.69) is 67.4 Å². The minimum Gasteiger partial charge on any atom is -0.368 e. The Kier molecular flexibility index (Phi) is 5.27. The number of amides is 2. The second-order valence-electron chi connectivity index (χ2n) is 7.02. The van der Waals surface area contributed by atoms with Crippen LogP contribution in [-0.4, -0.2) is 37.1 Å². The normalized spacial score (nSPS) is 14.7. The molecule has 1 aliphatic heterocycles. The fourth-order valence-corrected chi connectivity index (χ4v) is 3.15. The van der Waals surface area contributed by atoms with Gasteiger partial charge in [0.05, 0.1) is 0 Å². The molecule has 25 heavy (non-hydrogen) atoms. The first kappa shape index (κ1) is 17.3. The monoisotopic (exact) mass is 337 g/mol. The Morgan fingerprint density at radius 1 is 1.00 bits per heavy atom. The number of anilines is 2. The number of nitrogens with one attached hydrogen (secondary N) is 1. The van der Waals surface area contributed by atoms with Crippen molar-refractivity contribution in [3.63, 3.8) is 0 Å². The molecule has 0 aromatic heterocycles. The van der Waals surface area contributed by atoms with Crippen LogP contribution in [0.15, 0.2) is 48.5 Å². The van der Waals surface area contributed by atoms with Gasteiger partial charge in [-0.3, -0.25) is 0 Å². The highest BCUT2D eigenvalue weighted by Gasteiger charge is 2.21. The maximum atomic E-state index is 12.5. The van der Waals surface area contributed by atoms with Crippen molar-refractivity contribution in [1.82, 2.24) is 4.90 Å². The van der Waals surface area contributed by atoms with Gasteiger partial charge in [0.15, 0.2) is 0 Å². The molecule has 3 rings (SSSR count). The SMILES string of the molecule is Cc1cccc(N2CCN(C(=O)Nc3ccc(C(C)C)cc3)CC2)c1. The molecule has 2 amide bonds. The Morgan fingerprint density at radius 2 is 1.68 bits per heavy atom. The fourth-order valence-electron chi connectivity index (χ4n) is 3.15. The van der Waals surface area contributed by atoms with Gasteiger partial charge in [0.2, 0.25) is 0 Å². The third-order valence-electron chi connectivity index (χ3n) is 4.76. The van der Waals surface area contributed by atoms with E-state index in [1.807, 2.05) is 17.0 Å². The van der Waals surface area contributed by atoms with Gasteiger partial charge in [-0.05, 0) is 48.2 Å². The van der Waals surface area contributed by atoms with Crippen LogP contribution in [-0.2, 0) is 0 Å². The summed E-state index contributed by atoms with van der Waals surface area (Å²) in [5, 5.41) is 3.01. The molecule has 4 nitrogen and oxygen atoms in total. The van der Waals surface area contributed by atoms with Crippen molar-refractivity contribution >= 4 is 17.4 Å². The number of hydrogen-bond donors (Lipinski definition) is 1. The number of hydrogen-bond acceptors (Lipinski definition) is 2. The average Bonchev–Trinajstić information content (AvgIpc) is 2.62. The molecular formula is C21H27N3O. The van der Waals surface area contributed by atoms with Gasteiger partial charge < -0.3 is 15.1 Å². The number of carbonyl (C=O) groups is 1. The molecule has 132 valence electrons. The maximum Gasteiger partial charge on any atom is 0.321 e. The van der Waals surface area contributed by atoms with Gasteiger partial charge >= 0.3 is 6.03 Å². The van der Waals surface area contributed by atoms with E-state index in [0.717, 1.165) is 31.9 Å². The van der Waals surface area contributed by atoms with Gasteiger partial charge in [0.1, 0.15) is 0 Å². The van der Waals surface area contributed by atoms with Gasteiger partial charge in [-0.1, -0.05) is 38.1 Å². The van der Waals surface area contributed by atoms with Crippen LogP contribution in [0, 0.1) is 6.92 Å². The second-order valence-corrected chi connectivity index (χ2v) is 7.02. The Labute approximate surface area is 150 Å². The number of carbonyl (C=O) groups excluding carboxylic acids is 1. The standard InChI is InChI=1S/C21H27N3O/c1-16(2)18-7-9-19(10-8-18)22-21(25)24-13-11-23(12-14-24)20-6-4-5-17(3)15-20/h4-10,15-16H,11-14H2,1-3H3,(H,22,25). The Balaban J connectivity index is 1.54. The van der Waals surface area contributed by atoms with Gasteiger partial charge in [0.25, 0.3) is 0 Å². The fraction of sp³-hybridized carbons (Fsp3) is 0.381. The van der Waals surface area contributed by atoms with Crippen molar-refractivity contribution in [2.45, 2.75) is 26.7 Å². The Bertz CT molecular complexity index is 716. The Hall–Kier alpha value is -2.49. The molecule has 1 fully saturated rings. The topological polar surface area (TPSA) is 35.6 Å². The lowest BCUT2D eigenvalue weighted by Crippen LogP contribution is -2.50. The number of nitrogens with zero attached hydrogens (tertiary/aromatic N) is 2. The number of piperazine rings is 1. The predicted molar refractivity (Wildman–Crippen MR) is 105 cm³/mol. The minimum atomic E-state index is -0.0128. The number of urea groups is 1. The van der Waals surface area contributed by atoms with E-state index in [-0.39, 0.29) is 6.03 Å². The van der Waals surface area contributed by atoms with Crippen LogP contribution in [0.25, 0.3) is 0 Å². The molecule has 0 unspecified atom stereocenters. The first-order valence-corrected chi connectivity index (χ1v) is 9.00. The largest absolute Gasteiger partial charge is 0.368 e. The van der Waals surface area contributed by atoms with E-state index in [9.17, 15) is 4.79 Å². The third kappa shape index (κ3) is 4.32. The first-order chi connectivity index (χ1) is 12.0. The quantitative estimate of drug-likeness (QED) is 0.897. The zero-order chi connectivity index (χ0) is 17.8. The molecule has 0 atom stereocenters. The second kappa shape index (κ2) is 7.60. The molecule has 1 saturated heterocycles. The number of benzene rings is 2. The van der Waals surface area contributed by atoms with Gasteiger partial charge in [-0.25, -0.2) is 4.79 Å². The summed E-state index contributed by atoms with van der Waals surface area (Å²) in [6.07, 6.45) is 0. The summed E-state index contributed by atoms with van der Waals surface area (Å²) in [4.78, 5) is 16.7. The molecule has 1 heterocycles. The lowest BCUT2D eigenvalue weighted by Gasteiger charge is -2.36. The zero-order valence-corrected chi connectivity index (χ0v) is 15.3. The van der Waals surface area contributed by atoms with Crippen molar-refractivity contribution < 1.29 is 4.79 Å². The summed E-state index contributed by atoms with van der Waals surface area (Å²) < 4.78 is 0. The van der Waals surface area contributed by atoms with Crippen LogP contribution in [0.5, 0.6) is 0 Å². The van der Waals surface area contributed by atoms with Crippen molar-refractivity contribution in [2.75, 3.05) is 36.4 Å². The third-order valence-corrected chi connectivity index (χ3v) is 4.76. The summed E-state index contributed by atoms with van der Waals surface area (Å²) in [7, 11) is 0. The highest BCUT2D eigenvalue weighted by molar-refractivity contribution is 5.89. The summed E-state index contributed by atoms with van der Waals surface area (Å²) in [5.41, 5.74) is 4.65. The average molecular weight is 337 g/mol. The minimum absolute atomic E-state index is 0.0128. The molecule has 0 saturated carbocycles. The summed E-state index contributed by atoms with van der Waals surface area (Å²) >= 11 is 0. The lowest BCUT2D eigenvalue weighted by molar-refractivity contribution is 0.208. The van der Waals surface area contributed by atoms with Crippen molar-refractivity contribution in [3.8, 4) is 0 Å². The van der Waals surface area contributed by atoms with Crippen molar-refractivity contribution in [2.24, 2.45) is 0 Å². The van der Waals surface area contributed by atoms with E-state index < -0.39 is 0 Å². The summed E-state index contributed by atoms with van der Waals surface area (Å²) in [6.45, 7) is 9.65. The van der Waals surface area contributed by atoms with Crippen LogP contribution >= 0.6 is 0 Å². The maximum absolute atomic E-state index is 12.5. The highest BCUT2D eigenvalue weighted by atomic mass is 16.2. The van der Waals surface area contributed by atoms with E-state index in [0.29, 0.717) is 5.92 Å². The van der Waals surface area contributed by atoms with Crippen molar-refractivity contribution in [1.29, 1.82) is 0 Å². The zero-order valence-electron chi connectivity index (χ0n) is 15.3. The molecular weight excluding hydrogens is 310 g/mol. The molecule has 0 bridgehead atoms. The summed E-state index contributed by atoms with van der Waals surface area (Å²) in [6, 6.07) is 16.6. The van der Waals surface area contributed by atoms with Gasteiger partial charge in [0, 0.05) is 37.6 Å². The van der Waals surface area contributed by atoms with E-state index in [1.54, 1.807) is 0 Å². The smallest absolute Gasteiger partial charge is 0.321 e. The Morgan fingerprint density at radius 3 is 2.28 bits per heavy atom. The first-order valence-electron chi connectivity index (χ1n) is 9.00. The summed E-state index contributed by atoms with van der Waals surface area (Å²) in [5.74, 6) is 0.499. The van der Waals surface area contributed by atoms with Crippen LogP contribution in [0.1, 0.15) is 30.9 Å². The molecule has 4 heteroatoms.